The first-order valence-electron chi connectivity index (χ1n) is 7.89. The van der Waals surface area contributed by atoms with Crippen molar-refractivity contribution < 1.29 is 9.53 Å². The summed E-state index contributed by atoms with van der Waals surface area (Å²) in [5, 5.41) is 22.7. The lowest BCUT2D eigenvalue weighted by Crippen LogP contribution is -2.16. The fraction of sp³-hybridized carbons (Fsp3) is 0.0625. The minimum Gasteiger partial charge on any atom is -0.464 e. The molecule has 0 unspecified atom stereocenters. The zero-order chi connectivity index (χ0) is 19.3. The van der Waals surface area contributed by atoms with Gasteiger partial charge in [0, 0.05) is 11.2 Å². The monoisotopic (exact) mass is 414 g/mol. The number of hydrogen-bond donors (Lipinski definition) is 1. The Balaban J connectivity index is 1.43. The predicted octanol–water partition coefficient (Wildman–Crippen LogP) is 2.39. The number of rotatable bonds is 6. The SMILES string of the molecule is O=C(Nc1nnc(OCc2ccc(Cl)cc2)s1)c1cccnc1-n1cnnn1. The Morgan fingerprint density at radius 3 is 2.86 bits per heavy atom. The molecule has 0 fully saturated rings. The van der Waals surface area contributed by atoms with Gasteiger partial charge in [0.25, 0.3) is 11.1 Å². The van der Waals surface area contributed by atoms with E-state index in [-0.39, 0.29) is 5.56 Å². The average Bonchev–Trinajstić information content (AvgIpc) is 3.40. The molecule has 1 amide bonds. The first kappa shape index (κ1) is 17.9. The number of aromatic nitrogens is 7. The number of pyridine rings is 1. The van der Waals surface area contributed by atoms with Gasteiger partial charge in [0.2, 0.25) is 5.13 Å². The number of anilines is 1. The van der Waals surface area contributed by atoms with E-state index in [1.807, 2.05) is 12.1 Å². The molecule has 1 aromatic carbocycles. The summed E-state index contributed by atoms with van der Waals surface area (Å²) < 4.78 is 6.89. The highest BCUT2D eigenvalue weighted by molar-refractivity contribution is 7.17. The third-order valence-corrected chi connectivity index (χ3v) is 4.50. The highest BCUT2D eigenvalue weighted by Gasteiger charge is 2.17. The van der Waals surface area contributed by atoms with Crippen LogP contribution in [0.5, 0.6) is 5.19 Å². The van der Waals surface area contributed by atoms with Crippen molar-refractivity contribution in [2.75, 3.05) is 5.32 Å². The van der Waals surface area contributed by atoms with E-state index >= 15 is 0 Å². The van der Waals surface area contributed by atoms with Crippen LogP contribution >= 0.6 is 22.9 Å². The zero-order valence-corrected chi connectivity index (χ0v) is 15.6. The minimum atomic E-state index is -0.418. The van der Waals surface area contributed by atoms with Gasteiger partial charge in [-0.2, -0.15) is 4.68 Å². The number of nitrogens with zero attached hydrogens (tertiary/aromatic N) is 7. The van der Waals surface area contributed by atoms with Gasteiger partial charge in [0.05, 0.1) is 5.56 Å². The zero-order valence-electron chi connectivity index (χ0n) is 14.1. The summed E-state index contributed by atoms with van der Waals surface area (Å²) in [6.07, 6.45) is 2.90. The normalized spacial score (nSPS) is 10.6. The van der Waals surface area contributed by atoms with E-state index < -0.39 is 5.91 Å². The lowest BCUT2D eigenvalue weighted by Gasteiger charge is -2.06. The molecule has 10 nitrogen and oxygen atoms in total. The first-order chi connectivity index (χ1) is 13.7. The molecule has 0 saturated carbocycles. The number of hydrogen-bond acceptors (Lipinski definition) is 9. The molecule has 28 heavy (non-hydrogen) atoms. The second-order valence-corrected chi connectivity index (χ2v) is 6.75. The molecule has 1 N–H and O–H groups in total. The van der Waals surface area contributed by atoms with Crippen molar-refractivity contribution in [1.82, 2.24) is 35.4 Å². The van der Waals surface area contributed by atoms with Crippen LogP contribution in [-0.2, 0) is 6.61 Å². The van der Waals surface area contributed by atoms with Crippen LogP contribution in [0.2, 0.25) is 5.02 Å². The van der Waals surface area contributed by atoms with Crippen LogP contribution in [0.1, 0.15) is 15.9 Å². The Labute approximate surface area is 167 Å². The van der Waals surface area contributed by atoms with Crippen LogP contribution in [0, 0.1) is 0 Å². The summed E-state index contributed by atoms with van der Waals surface area (Å²) in [6.45, 7) is 0.311. The number of amides is 1. The largest absolute Gasteiger partial charge is 0.464 e. The van der Waals surface area contributed by atoms with Crippen molar-refractivity contribution >= 4 is 34.0 Å². The lowest BCUT2D eigenvalue weighted by molar-refractivity contribution is 0.102. The van der Waals surface area contributed by atoms with Gasteiger partial charge in [0.1, 0.15) is 12.9 Å². The van der Waals surface area contributed by atoms with Crippen LogP contribution in [0.4, 0.5) is 5.13 Å². The molecular weight excluding hydrogens is 404 g/mol. The van der Waals surface area contributed by atoms with Crippen molar-refractivity contribution in [1.29, 1.82) is 0 Å². The van der Waals surface area contributed by atoms with E-state index in [4.69, 9.17) is 16.3 Å². The molecule has 0 saturated heterocycles. The van der Waals surface area contributed by atoms with Crippen molar-refractivity contribution in [3.05, 3.63) is 65.1 Å². The van der Waals surface area contributed by atoms with Crippen molar-refractivity contribution in [3.8, 4) is 11.0 Å². The number of carbonyl (C=O) groups excluding carboxylic acids is 1. The molecule has 0 spiro atoms. The number of nitrogens with one attached hydrogen (secondary N) is 1. The van der Waals surface area contributed by atoms with Gasteiger partial charge in [-0.1, -0.05) is 28.8 Å². The highest BCUT2D eigenvalue weighted by Crippen LogP contribution is 2.24. The summed E-state index contributed by atoms with van der Waals surface area (Å²) in [4.78, 5) is 16.8. The van der Waals surface area contributed by atoms with Gasteiger partial charge < -0.3 is 4.74 Å². The number of ether oxygens (including phenoxy) is 1. The molecule has 140 valence electrons. The topological polar surface area (TPSA) is 121 Å². The number of tetrazole rings is 1. The maximum atomic E-state index is 12.6. The summed E-state index contributed by atoms with van der Waals surface area (Å²) in [7, 11) is 0. The average molecular weight is 415 g/mol. The molecule has 4 aromatic rings. The molecule has 0 aliphatic carbocycles. The maximum absolute atomic E-state index is 12.6. The highest BCUT2D eigenvalue weighted by atomic mass is 35.5. The second-order valence-electron chi connectivity index (χ2n) is 5.37. The lowest BCUT2D eigenvalue weighted by atomic mass is 10.2. The Kier molecular flexibility index (Phi) is 5.17. The quantitative estimate of drug-likeness (QED) is 0.510. The molecule has 0 bridgehead atoms. The van der Waals surface area contributed by atoms with Gasteiger partial charge in [-0.25, -0.2) is 4.98 Å². The number of carbonyl (C=O) groups is 1. The number of halogens is 1. The smallest absolute Gasteiger partial charge is 0.296 e. The van der Waals surface area contributed by atoms with E-state index in [0.717, 1.165) is 16.9 Å². The first-order valence-corrected chi connectivity index (χ1v) is 9.09. The minimum absolute atomic E-state index is 0.286. The third-order valence-electron chi connectivity index (χ3n) is 3.50. The molecule has 0 atom stereocenters. The van der Waals surface area contributed by atoms with Crippen LogP contribution in [0.15, 0.2) is 48.9 Å². The Bertz CT molecular complexity index is 1080. The van der Waals surface area contributed by atoms with E-state index in [2.05, 4.69) is 36.0 Å². The molecule has 0 aliphatic heterocycles. The molecule has 4 rings (SSSR count). The molecule has 12 heteroatoms. The Hall–Kier alpha value is -3.44. The van der Waals surface area contributed by atoms with Crippen LogP contribution in [0.3, 0.4) is 0 Å². The molecular formula is C16H11ClN8O2S. The fourth-order valence-electron chi connectivity index (χ4n) is 2.22. The van der Waals surface area contributed by atoms with Crippen molar-refractivity contribution in [3.63, 3.8) is 0 Å². The fourth-order valence-corrected chi connectivity index (χ4v) is 2.94. The van der Waals surface area contributed by atoms with E-state index in [9.17, 15) is 4.79 Å². The Morgan fingerprint density at radius 2 is 2.07 bits per heavy atom. The summed E-state index contributed by atoms with van der Waals surface area (Å²) in [5.74, 6) is -0.118. The van der Waals surface area contributed by atoms with E-state index in [0.29, 0.717) is 27.8 Å². The van der Waals surface area contributed by atoms with Gasteiger partial charge >= 0.3 is 0 Å². The standard InChI is InChI=1S/C16H11ClN8O2S/c17-11-5-3-10(4-6-11)8-27-16-22-21-15(28-16)20-14(26)12-2-1-7-18-13(12)25-9-19-23-24-25/h1-7,9H,8H2,(H,20,21,26). The second kappa shape index (κ2) is 8.06. The van der Waals surface area contributed by atoms with E-state index in [1.165, 1.54) is 11.0 Å². The third kappa shape index (κ3) is 4.10. The van der Waals surface area contributed by atoms with Crippen LogP contribution in [-0.4, -0.2) is 41.3 Å². The van der Waals surface area contributed by atoms with Crippen LogP contribution in [0.25, 0.3) is 5.82 Å². The summed E-state index contributed by atoms with van der Waals surface area (Å²) >= 11 is 6.97. The van der Waals surface area contributed by atoms with Crippen molar-refractivity contribution in [2.45, 2.75) is 6.61 Å². The maximum Gasteiger partial charge on any atom is 0.296 e. The predicted molar refractivity (Wildman–Crippen MR) is 101 cm³/mol. The summed E-state index contributed by atoms with van der Waals surface area (Å²) in [6, 6.07) is 10.5. The van der Waals surface area contributed by atoms with E-state index in [1.54, 1.807) is 30.5 Å². The van der Waals surface area contributed by atoms with Crippen LogP contribution < -0.4 is 10.1 Å². The van der Waals surface area contributed by atoms with Gasteiger partial charge in [-0.15, -0.1) is 10.2 Å². The van der Waals surface area contributed by atoms with Gasteiger partial charge in [-0.05, 0) is 51.6 Å². The number of benzene rings is 1. The molecule has 3 aromatic heterocycles. The van der Waals surface area contributed by atoms with Gasteiger partial charge in [0.15, 0.2) is 5.82 Å². The Morgan fingerprint density at radius 1 is 1.21 bits per heavy atom. The van der Waals surface area contributed by atoms with Crippen molar-refractivity contribution in [2.24, 2.45) is 0 Å². The summed E-state index contributed by atoms with van der Waals surface area (Å²) in [5.41, 5.74) is 1.22. The molecule has 0 aliphatic rings. The van der Waals surface area contributed by atoms with Gasteiger partial charge in [-0.3, -0.25) is 10.1 Å². The molecule has 3 heterocycles. The molecule has 0 radical (unpaired) electrons.